The minimum Gasteiger partial charge on any atom is -0.326 e. The lowest BCUT2D eigenvalue weighted by Gasteiger charge is -2.35. The molecule has 0 rings (SSSR count). The van der Waals surface area contributed by atoms with Crippen molar-refractivity contribution in [3.8, 4) is 0 Å². The van der Waals surface area contributed by atoms with E-state index >= 15 is 0 Å². The number of nitrogens with zero attached hydrogens (tertiary/aromatic N) is 1. The second kappa shape index (κ2) is 24.6. The third kappa shape index (κ3) is 22.9. The normalized spacial score (nSPS) is 13.5. The predicted molar refractivity (Wildman–Crippen MR) is 144 cm³/mol. The summed E-state index contributed by atoms with van der Waals surface area (Å²) in [4.78, 5) is 0. The quantitative estimate of drug-likeness (QED) is 0.0930. The van der Waals surface area contributed by atoms with Crippen molar-refractivity contribution in [2.75, 3.05) is 26.7 Å². The van der Waals surface area contributed by atoms with E-state index in [0.29, 0.717) is 0 Å². The molecule has 0 saturated heterocycles. The Morgan fingerprint density at radius 2 is 0.484 bits per heavy atom. The van der Waals surface area contributed by atoms with Gasteiger partial charge in [0, 0.05) is 0 Å². The SMILES string of the molecule is CCCCCCCCCCCC[N+](C)(CCCCCCCC)CCCCCCCCC. The molecule has 1 atom stereocenters. The second-order valence-electron chi connectivity index (χ2n) is 10.9. The number of hydrogen-bond donors (Lipinski definition) is 0. The van der Waals surface area contributed by atoms with Gasteiger partial charge in [0.05, 0.1) is 26.7 Å². The van der Waals surface area contributed by atoms with E-state index in [9.17, 15) is 0 Å². The van der Waals surface area contributed by atoms with Gasteiger partial charge in [-0.1, -0.05) is 130 Å². The lowest BCUT2D eigenvalue weighted by molar-refractivity contribution is -0.910. The van der Waals surface area contributed by atoms with Crippen LogP contribution in [0.4, 0.5) is 0 Å². The van der Waals surface area contributed by atoms with Gasteiger partial charge in [0.15, 0.2) is 0 Å². The first-order valence-corrected chi connectivity index (χ1v) is 15.0. The summed E-state index contributed by atoms with van der Waals surface area (Å²) in [6.07, 6.45) is 33.3. The first-order valence-electron chi connectivity index (χ1n) is 15.0. The van der Waals surface area contributed by atoms with Crippen molar-refractivity contribution in [2.24, 2.45) is 0 Å². The third-order valence-corrected chi connectivity index (χ3v) is 7.40. The van der Waals surface area contributed by atoms with E-state index in [2.05, 4.69) is 27.8 Å². The van der Waals surface area contributed by atoms with Crippen LogP contribution in [0.2, 0.25) is 0 Å². The molecule has 0 aliphatic heterocycles. The Morgan fingerprint density at radius 1 is 0.290 bits per heavy atom. The molecule has 0 aromatic carbocycles. The molecule has 0 amide bonds. The van der Waals surface area contributed by atoms with Crippen molar-refractivity contribution in [3.63, 3.8) is 0 Å². The summed E-state index contributed by atoms with van der Waals surface area (Å²) in [5, 5.41) is 0. The molecule has 0 fully saturated rings. The fourth-order valence-corrected chi connectivity index (χ4v) is 5.04. The van der Waals surface area contributed by atoms with Crippen LogP contribution in [0.1, 0.15) is 168 Å². The Bertz CT molecular complexity index is 326. The van der Waals surface area contributed by atoms with E-state index in [0.717, 1.165) is 0 Å². The summed E-state index contributed by atoms with van der Waals surface area (Å²) < 4.78 is 1.36. The molecule has 1 nitrogen and oxygen atoms in total. The van der Waals surface area contributed by atoms with Gasteiger partial charge in [-0.25, -0.2) is 0 Å². The van der Waals surface area contributed by atoms with Crippen LogP contribution in [-0.4, -0.2) is 31.2 Å². The summed E-state index contributed by atoms with van der Waals surface area (Å²) in [5.74, 6) is 0. The van der Waals surface area contributed by atoms with Crippen LogP contribution in [0.25, 0.3) is 0 Å². The van der Waals surface area contributed by atoms with Gasteiger partial charge < -0.3 is 4.48 Å². The van der Waals surface area contributed by atoms with E-state index in [-0.39, 0.29) is 0 Å². The highest BCUT2D eigenvalue weighted by atomic mass is 15.3. The van der Waals surface area contributed by atoms with Crippen molar-refractivity contribution in [3.05, 3.63) is 0 Å². The van der Waals surface area contributed by atoms with Crippen LogP contribution in [0.5, 0.6) is 0 Å². The van der Waals surface area contributed by atoms with E-state index in [1.807, 2.05) is 0 Å². The molecule has 31 heavy (non-hydrogen) atoms. The van der Waals surface area contributed by atoms with Crippen LogP contribution in [0, 0.1) is 0 Å². The Labute approximate surface area is 199 Å². The molecule has 0 saturated carbocycles. The zero-order valence-corrected chi connectivity index (χ0v) is 22.8. The minimum atomic E-state index is 1.36. The van der Waals surface area contributed by atoms with Crippen molar-refractivity contribution in [1.82, 2.24) is 0 Å². The van der Waals surface area contributed by atoms with Crippen molar-refractivity contribution in [1.29, 1.82) is 0 Å². The molecule has 0 spiro atoms. The summed E-state index contributed by atoms with van der Waals surface area (Å²) in [6.45, 7) is 11.2. The van der Waals surface area contributed by atoms with Crippen LogP contribution >= 0.6 is 0 Å². The second-order valence-corrected chi connectivity index (χ2v) is 10.9. The molecule has 0 heterocycles. The molecular formula is C30H64N+. The topological polar surface area (TPSA) is 0 Å². The first-order chi connectivity index (χ1) is 15.2. The van der Waals surface area contributed by atoms with E-state index in [1.165, 1.54) is 172 Å². The molecule has 0 aromatic heterocycles. The van der Waals surface area contributed by atoms with Crippen LogP contribution in [0.3, 0.4) is 0 Å². The van der Waals surface area contributed by atoms with Crippen molar-refractivity contribution < 1.29 is 4.48 Å². The average Bonchev–Trinajstić information content (AvgIpc) is 2.77. The summed E-state index contributed by atoms with van der Waals surface area (Å²) in [5.41, 5.74) is 0. The molecule has 0 aromatic rings. The maximum Gasteiger partial charge on any atom is 0.0784 e. The molecule has 0 aliphatic carbocycles. The van der Waals surface area contributed by atoms with Crippen molar-refractivity contribution in [2.45, 2.75) is 168 Å². The summed E-state index contributed by atoms with van der Waals surface area (Å²) >= 11 is 0. The minimum absolute atomic E-state index is 1.36. The Kier molecular flexibility index (Phi) is 24.6. The standard InChI is InChI=1S/C30H64N/c1-5-8-11-14-17-18-19-21-24-27-30-31(4,28-25-22-16-13-10-7-3)29-26-23-20-15-12-9-6-2/h5-30H2,1-4H3/q+1. The molecule has 1 heteroatoms. The Balaban J connectivity index is 3.98. The highest BCUT2D eigenvalue weighted by Gasteiger charge is 2.20. The number of hydrogen-bond acceptors (Lipinski definition) is 0. The fourth-order valence-electron chi connectivity index (χ4n) is 5.04. The number of rotatable bonds is 26. The van der Waals surface area contributed by atoms with Crippen LogP contribution in [-0.2, 0) is 0 Å². The third-order valence-electron chi connectivity index (χ3n) is 7.40. The smallest absolute Gasteiger partial charge is 0.0784 e. The molecule has 0 aliphatic rings. The van der Waals surface area contributed by atoms with Crippen LogP contribution in [0.15, 0.2) is 0 Å². The van der Waals surface area contributed by atoms with E-state index < -0.39 is 0 Å². The summed E-state index contributed by atoms with van der Waals surface area (Å²) in [7, 11) is 2.58. The molecule has 1 unspecified atom stereocenters. The number of quaternary nitrogens is 1. The van der Waals surface area contributed by atoms with Gasteiger partial charge in [-0.05, 0) is 38.5 Å². The van der Waals surface area contributed by atoms with Gasteiger partial charge >= 0.3 is 0 Å². The van der Waals surface area contributed by atoms with Gasteiger partial charge in [-0.3, -0.25) is 0 Å². The van der Waals surface area contributed by atoms with E-state index in [1.54, 1.807) is 0 Å². The van der Waals surface area contributed by atoms with E-state index in [4.69, 9.17) is 0 Å². The van der Waals surface area contributed by atoms with Crippen LogP contribution < -0.4 is 0 Å². The van der Waals surface area contributed by atoms with Gasteiger partial charge in [-0.15, -0.1) is 0 Å². The number of unbranched alkanes of at least 4 members (excludes halogenated alkanes) is 20. The fraction of sp³-hybridized carbons (Fsp3) is 1.00. The Hall–Kier alpha value is -0.0400. The first kappa shape index (κ1) is 31.0. The lowest BCUT2D eigenvalue weighted by atomic mass is 10.1. The van der Waals surface area contributed by atoms with Gasteiger partial charge in [0.2, 0.25) is 0 Å². The summed E-state index contributed by atoms with van der Waals surface area (Å²) in [6, 6.07) is 0. The van der Waals surface area contributed by atoms with Gasteiger partial charge in [0.25, 0.3) is 0 Å². The molecule has 0 bridgehead atoms. The van der Waals surface area contributed by atoms with Crippen molar-refractivity contribution >= 4 is 0 Å². The predicted octanol–water partition coefficient (Wildman–Crippen LogP) is 10.5. The maximum absolute atomic E-state index is 2.58. The van der Waals surface area contributed by atoms with Gasteiger partial charge in [-0.2, -0.15) is 0 Å². The highest BCUT2D eigenvalue weighted by molar-refractivity contribution is 4.52. The molecule has 188 valence electrons. The maximum atomic E-state index is 2.58. The molecule has 0 N–H and O–H groups in total. The highest BCUT2D eigenvalue weighted by Crippen LogP contribution is 2.17. The Morgan fingerprint density at radius 3 is 0.710 bits per heavy atom. The van der Waals surface area contributed by atoms with Gasteiger partial charge in [0.1, 0.15) is 0 Å². The zero-order chi connectivity index (χ0) is 22.9. The molecule has 0 radical (unpaired) electrons. The zero-order valence-electron chi connectivity index (χ0n) is 22.8. The largest absolute Gasteiger partial charge is 0.326 e. The monoisotopic (exact) mass is 439 g/mol. The lowest BCUT2D eigenvalue weighted by Crippen LogP contribution is -2.46. The molecular weight excluding hydrogens is 374 g/mol. The average molecular weight is 439 g/mol.